The van der Waals surface area contributed by atoms with Crippen LogP contribution in [-0.4, -0.2) is 5.92 Å². The first-order valence-electron chi connectivity index (χ1n) is 7.47. The SMILES string of the molecule is CC1CCC(c2ccc(CC(F)(F)C(F)=C(F)F)cc2)CC1. The van der Waals surface area contributed by atoms with Crippen molar-refractivity contribution in [2.45, 2.75) is 50.9 Å². The van der Waals surface area contributed by atoms with Crippen molar-refractivity contribution in [1.29, 1.82) is 0 Å². The van der Waals surface area contributed by atoms with Crippen LogP contribution in [0.4, 0.5) is 22.0 Å². The van der Waals surface area contributed by atoms with Gasteiger partial charge in [-0.15, -0.1) is 0 Å². The molecule has 1 aliphatic carbocycles. The van der Waals surface area contributed by atoms with Gasteiger partial charge >= 0.3 is 12.0 Å². The molecule has 1 saturated carbocycles. The lowest BCUT2D eigenvalue weighted by Crippen LogP contribution is -2.21. The maximum Gasteiger partial charge on any atom is 0.308 e. The molecule has 122 valence electrons. The summed E-state index contributed by atoms with van der Waals surface area (Å²) in [5.74, 6) is -5.66. The number of hydrogen-bond donors (Lipinski definition) is 0. The van der Waals surface area contributed by atoms with E-state index in [1.165, 1.54) is 12.1 Å². The molecule has 1 aliphatic rings. The van der Waals surface area contributed by atoms with Crippen LogP contribution in [-0.2, 0) is 6.42 Å². The molecule has 2 rings (SSSR count). The highest BCUT2D eigenvalue weighted by molar-refractivity contribution is 5.27. The van der Waals surface area contributed by atoms with Crippen LogP contribution in [0.5, 0.6) is 0 Å². The normalized spacial score (nSPS) is 22.5. The Balaban J connectivity index is 2.05. The lowest BCUT2D eigenvalue weighted by Gasteiger charge is -2.26. The van der Waals surface area contributed by atoms with Crippen LogP contribution in [0.2, 0.25) is 0 Å². The van der Waals surface area contributed by atoms with E-state index in [1.54, 1.807) is 12.1 Å². The van der Waals surface area contributed by atoms with E-state index in [0.717, 1.165) is 37.2 Å². The van der Waals surface area contributed by atoms with Gasteiger partial charge in [0.15, 0.2) is 0 Å². The number of hydrogen-bond acceptors (Lipinski definition) is 0. The van der Waals surface area contributed by atoms with Crippen LogP contribution >= 0.6 is 0 Å². The second-order valence-corrected chi connectivity index (χ2v) is 6.15. The predicted octanol–water partition coefficient (Wildman–Crippen LogP) is 6.24. The van der Waals surface area contributed by atoms with Crippen LogP contribution in [0.15, 0.2) is 36.2 Å². The van der Waals surface area contributed by atoms with E-state index in [2.05, 4.69) is 6.92 Å². The summed E-state index contributed by atoms with van der Waals surface area (Å²) in [4.78, 5) is 0. The van der Waals surface area contributed by atoms with E-state index in [9.17, 15) is 22.0 Å². The second kappa shape index (κ2) is 6.80. The van der Waals surface area contributed by atoms with Gasteiger partial charge in [-0.05, 0) is 35.8 Å². The van der Waals surface area contributed by atoms with Crippen LogP contribution in [0, 0.1) is 5.92 Å². The molecule has 0 amide bonds. The summed E-state index contributed by atoms with van der Waals surface area (Å²) < 4.78 is 63.4. The summed E-state index contributed by atoms with van der Waals surface area (Å²) in [6, 6.07) is 6.45. The lowest BCUT2D eigenvalue weighted by atomic mass is 9.79. The van der Waals surface area contributed by atoms with Gasteiger partial charge < -0.3 is 0 Å². The first-order chi connectivity index (χ1) is 10.3. The average molecular weight is 318 g/mol. The van der Waals surface area contributed by atoms with Gasteiger partial charge in [0, 0.05) is 6.42 Å². The molecular weight excluding hydrogens is 299 g/mol. The Morgan fingerprint density at radius 2 is 1.55 bits per heavy atom. The maximum atomic E-state index is 13.3. The molecule has 0 aliphatic heterocycles. The smallest absolute Gasteiger partial charge is 0.199 e. The average Bonchev–Trinajstić information content (AvgIpc) is 2.47. The molecule has 0 radical (unpaired) electrons. The third-order valence-corrected chi connectivity index (χ3v) is 4.38. The van der Waals surface area contributed by atoms with E-state index in [1.807, 2.05) is 0 Å². The van der Waals surface area contributed by atoms with Crippen molar-refractivity contribution in [2.24, 2.45) is 5.92 Å². The van der Waals surface area contributed by atoms with Gasteiger partial charge in [-0.25, -0.2) is 0 Å². The van der Waals surface area contributed by atoms with Gasteiger partial charge in [0.2, 0.25) is 5.83 Å². The molecule has 1 aromatic rings. The predicted molar refractivity (Wildman–Crippen MR) is 75.8 cm³/mol. The molecule has 0 aromatic heterocycles. The van der Waals surface area contributed by atoms with Gasteiger partial charge in [-0.3, -0.25) is 0 Å². The Bertz CT molecular complexity index is 520. The molecule has 1 fully saturated rings. The fourth-order valence-corrected chi connectivity index (χ4v) is 2.97. The highest BCUT2D eigenvalue weighted by Crippen LogP contribution is 2.36. The summed E-state index contributed by atoms with van der Waals surface area (Å²) in [5, 5.41) is 0. The highest BCUT2D eigenvalue weighted by atomic mass is 19.3. The Hall–Kier alpha value is -1.39. The monoisotopic (exact) mass is 318 g/mol. The molecule has 0 unspecified atom stereocenters. The van der Waals surface area contributed by atoms with Crippen LogP contribution < -0.4 is 0 Å². The Labute approximate surface area is 127 Å². The maximum absolute atomic E-state index is 13.3. The zero-order valence-electron chi connectivity index (χ0n) is 12.4. The van der Waals surface area contributed by atoms with Crippen molar-refractivity contribution in [3.63, 3.8) is 0 Å². The third kappa shape index (κ3) is 4.08. The molecule has 1 aromatic carbocycles. The van der Waals surface area contributed by atoms with Gasteiger partial charge in [0.05, 0.1) is 0 Å². The summed E-state index contributed by atoms with van der Waals surface area (Å²) in [6.45, 7) is 2.22. The Morgan fingerprint density at radius 1 is 1.00 bits per heavy atom. The first kappa shape index (κ1) is 17.0. The van der Waals surface area contributed by atoms with Crippen molar-refractivity contribution in [3.8, 4) is 0 Å². The zero-order chi connectivity index (χ0) is 16.3. The highest BCUT2D eigenvalue weighted by Gasteiger charge is 2.39. The van der Waals surface area contributed by atoms with Crippen molar-refractivity contribution >= 4 is 0 Å². The molecule has 0 nitrogen and oxygen atoms in total. The zero-order valence-corrected chi connectivity index (χ0v) is 12.4. The molecule has 22 heavy (non-hydrogen) atoms. The molecule has 0 N–H and O–H groups in total. The van der Waals surface area contributed by atoms with Crippen molar-refractivity contribution in [1.82, 2.24) is 0 Å². The number of rotatable bonds is 4. The molecule has 0 heterocycles. The van der Waals surface area contributed by atoms with Crippen LogP contribution in [0.25, 0.3) is 0 Å². The van der Waals surface area contributed by atoms with Crippen molar-refractivity contribution in [2.75, 3.05) is 0 Å². The van der Waals surface area contributed by atoms with E-state index < -0.39 is 24.3 Å². The minimum atomic E-state index is -4.17. The van der Waals surface area contributed by atoms with Crippen molar-refractivity contribution in [3.05, 3.63) is 47.3 Å². The van der Waals surface area contributed by atoms with Crippen LogP contribution in [0.1, 0.15) is 49.7 Å². The second-order valence-electron chi connectivity index (χ2n) is 6.15. The minimum Gasteiger partial charge on any atom is -0.199 e. The van der Waals surface area contributed by atoms with E-state index in [4.69, 9.17) is 0 Å². The Kier molecular flexibility index (Phi) is 5.24. The number of benzene rings is 1. The molecular formula is C17H19F5. The summed E-state index contributed by atoms with van der Waals surface area (Å²) in [7, 11) is 0. The van der Waals surface area contributed by atoms with Gasteiger partial charge in [-0.1, -0.05) is 44.0 Å². The van der Waals surface area contributed by atoms with E-state index in [0.29, 0.717) is 5.92 Å². The fourth-order valence-electron chi connectivity index (χ4n) is 2.97. The molecule has 5 heteroatoms. The summed E-state index contributed by atoms with van der Waals surface area (Å²) in [6.07, 6.45) is 0.422. The number of halogens is 5. The van der Waals surface area contributed by atoms with Gasteiger partial charge in [0.1, 0.15) is 0 Å². The topological polar surface area (TPSA) is 0 Å². The van der Waals surface area contributed by atoms with E-state index >= 15 is 0 Å². The minimum absolute atomic E-state index is 0.148. The van der Waals surface area contributed by atoms with Crippen LogP contribution in [0.3, 0.4) is 0 Å². The fraction of sp³-hybridized carbons (Fsp3) is 0.529. The molecule has 0 saturated heterocycles. The number of allylic oxidation sites excluding steroid dienone is 1. The van der Waals surface area contributed by atoms with Gasteiger partial charge in [-0.2, -0.15) is 22.0 Å². The lowest BCUT2D eigenvalue weighted by molar-refractivity contribution is 0.0112. The molecule has 0 bridgehead atoms. The standard InChI is InChI=1S/C17H19F5/c1-11-2-6-13(7-3-11)14-8-4-12(5-9-14)10-17(21,22)15(18)16(19)20/h4-5,8-9,11,13H,2-3,6-7,10H2,1H3. The quantitative estimate of drug-likeness (QED) is 0.577. The number of alkyl halides is 2. The summed E-state index contributed by atoms with van der Waals surface area (Å²) >= 11 is 0. The first-order valence-corrected chi connectivity index (χ1v) is 7.47. The summed E-state index contributed by atoms with van der Waals surface area (Å²) in [5.41, 5.74) is 1.22. The van der Waals surface area contributed by atoms with Gasteiger partial charge in [0.25, 0.3) is 0 Å². The Morgan fingerprint density at radius 3 is 2.05 bits per heavy atom. The third-order valence-electron chi connectivity index (χ3n) is 4.38. The van der Waals surface area contributed by atoms with E-state index in [-0.39, 0.29) is 5.56 Å². The molecule has 0 spiro atoms. The van der Waals surface area contributed by atoms with Crippen molar-refractivity contribution < 1.29 is 22.0 Å². The largest absolute Gasteiger partial charge is 0.308 e. The molecule has 0 atom stereocenters.